The monoisotopic (exact) mass is 268 g/mol. The van der Waals surface area contributed by atoms with E-state index in [1.54, 1.807) is 0 Å². The van der Waals surface area contributed by atoms with Crippen molar-refractivity contribution in [3.8, 4) is 11.3 Å². The lowest BCUT2D eigenvalue weighted by Gasteiger charge is -2.19. The quantitative estimate of drug-likeness (QED) is 0.836. The smallest absolute Gasteiger partial charge is 0.280 e. The van der Waals surface area contributed by atoms with Crippen molar-refractivity contribution in [3.63, 3.8) is 0 Å². The van der Waals surface area contributed by atoms with Gasteiger partial charge in [0.2, 0.25) is 0 Å². The molecule has 4 rings (SSSR count). The number of hydrogen-bond acceptors (Lipinski definition) is 4. The molecule has 0 aliphatic carbocycles. The molecule has 1 saturated heterocycles. The van der Waals surface area contributed by atoms with Crippen LogP contribution in [-0.4, -0.2) is 27.9 Å². The molecule has 0 bridgehead atoms. The van der Waals surface area contributed by atoms with Gasteiger partial charge >= 0.3 is 0 Å². The molecule has 0 radical (unpaired) electrons. The minimum absolute atomic E-state index is 0.00928. The van der Waals surface area contributed by atoms with E-state index in [0.29, 0.717) is 5.69 Å². The number of fused-ring (bicyclic) bond motifs is 2. The largest absolute Gasteiger partial charge is 0.316 e. The van der Waals surface area contributed by atoms with Gasteiger partial charge in [-0.3, -0.25) is 9.36 Å². The average molecular weight is 268 g/mol. The Kier molecular flexibility index (Phi) is 2.50. The standard InChI is InChI=1S/C15H16N4O/c20-13-12(11-4-2-1-3-5-11)17-18-14-15(6-8-16-10-15)7-9-19(13)14/h1-5,16H,6-10H2/t15-/m1/s1. The van der Waals surface area contributed by atoms with Crippen molar-refractivity contribution in [1.82, 2.24) is 20.1 Å². The Balaban J connectivity index is 1.86. The van der Waals surface area contributed by atoms with E-state index < -0.39 is 0 Å². The molecular weight excluding hydrogens is 252 g/mol. The topological polar surface area (TPSA) is 59.8 Å². The van der Waals surface area contributed by atoms with Gasteiger partial charge in [0.05, 0.1) is 0 Å². The lowest BCUT2D eigenvalue weighted by molar-refractivity contribution is 0.453. The molecule has 20 heavy (non-hydrogen) atoms. The molecule has 0 unspecified atom stereocenters. The van der Waals surface area contributed by atoms with E-state index in [4.69, 9.17) is 0 Å². The summed E-state index contributed by atoms with van der Waals surface area (Å²) in [6, 6.07) is 9.56. The number of aromatic nitrogens is 3. The first-order valence-corrected chi connectivity index (χ1v) is 7.04. The van der Waals surface area contributed by atoms with Gasteiger partial charge in [0.15, 0.2) is 5.69 Å². The Labute approximate surface area is 116 Å². The fourth-order valence-corrected chi connectivity index (χ4v) is 3.38. The van der Waals surface area contributed by atoms with E-state index >= 15 is 0 Å². The Morgan fingerprint density at radius 1 is 1.15 bits per heavy atom. The van der Waals surface area contributed by atoms with Crippen molar-refractivity contribution in [2.75, 3.05) is 13.1 Å². The first kappa shape index (κ1) is 11.8. The van der Waals surface area contributed by atoms with E-state index in [1.807, 2.05) is 34.9 Å². The van der Waals surface area contributed by atoms with Gasteiger partial charge in [0.25, 0.3) is 5.56 Å². The van der Waals surface area contributed by atoms with Gasteiger partial charge in [-0.15, -0.1) is 10.2 Å². The van der Waals surface area contributed by atoms with Gasteiger partial charge in [-0.05, 0) is 19.4 Å². The third-order valence-electron chi connectivity index (χ3n) is 4.53. The third-order valence-corrected chi connectivity index (χ3v) is 4.53. The predicted octanol–water partition coefficient (Wildman–Crippen LogP) is 0.940. The highest BCUT2D eigenvalue weighted by molar-refractivity contribution is 5.57. The van der Waals surface area contributed by atoms with Crippen LogP contribution in [0, 0.1) is 0 Å². The molecule has 1 N–H and O–H groups in total. The molecule has 1 atom stereocenters. The highest BCUT2D eigenvalue weighted by Gasteiger charge is 2.44. The number of nitrogens with zero attached hydrogens (tertiary/aromatic N) is 3. The zero-order valence-electron chi connectivity index (χ0n) is 11.2. The van der Waals surface area contributed by atoms with Crippen LogP contribution in [0.3, 0.4) is 0 Å². The fraction of sp³-hybridized carbons (Fsp3) is 0.400. The molecular formula is C15H16N4O. The molecule has 2 aromatic rings. The zero-order chi connectivity index (χ0) is 13.6. The van der Waals surface area contributed by atoms with Crippen LogP contribution < -0.4 is 10.9 Å². The molecule has 5 nitrogen and oxygen atoms in total. The summed E-state index contributed by atoms with van der Waals surface area (Å²) in [7, 11) is 0. The number of rotatable bonds is 1. The van der Waals surface area contributed by atoms with Crippen LogP contribution in [0.1, 0.15) is 18.7 Å². The van der Waals surface area contributed by atoms with Crippen LogP contribution in [0.2, 0.25) is 0 Å². The van der Waals surface area contributed by atoms with Crippen LogP contribution in [-0.2, 0) is 12.0 Å². The van der Waals surface area contributed by atoms with Crippen LogP contribution in [0.25, 0.3) is 11.3 Å². The van der Waals surface area contributed by atoms with Crippen molar-refractivity contribution >= 4 is 0 Å². The first-order chi connectivity index (χ1) is 9.80. The minimum Gasteiger partial charge on any atom is -0.316 e. The summed E-state index contributed by atoms with van der Waals surface area (Å²) in [6.45, 7) is 2.66. The van der Waals surface area contributed by atoms with Gasteiger partial charge in [-0.1, -0.05) is 30.3 Å². The second kappa shape index (κ2) is 4.24. The summed E-state index contributed by atoms with van der Waals surface area (Å²) in [6.07, 6.45) is 2.04. The second-order valence-corrected chi connectivity index (χ2v) is 5.65. The number of nitrogens with one attached hydrogen (secondary N) is 1. The maximum Gasteiger partial charge on any atom is 0.280 e. The Morgan fingerprint density at radius 3 is 2.75 bits per heavy atom. The fourth-order valence-electron chi connectivity index (χ4n) is 3.38. The van der Waals surface area contributed by atoms with Gasteiger partial charge < -0.3 is 5.32 Å². The Morgan fingerprint density at radius 2 is 2.00 bits per heavy atom. The SMILES string of the molecule is O=c1c(-c2ccccc2)nnc2n1CC[C@@]21CCNC1. The lowest BCUT2D eigenvalue weighted by atomic mass is 9.85. The zero-order valence-corrected chi connectivity index (χ0v) is 11.2. The molecule has 2 aliphatic rings. The maximum atomic E-state index is 12.6. The molecule has 1 aromatic carbocycles. The molecule has 1 fully saturated rings. The molecule has 102 valence electrons. The van der Waals surface area contributed by atoms with E-state index in [9.17, 15) is 4.79 Å². The Bertz CT molecular complexity index is 702. The average Bonchev–Trinajstić information content (AvgIpc) is 3.10. The van der Waals surface area contributed by atoms with Gasteiger partial charge in [0, 0.05) is 24.1 Å². The highest BCUT2D eigenvalue weighted by atomic mass is 16.1. The van der Waals surface area contributed by atoms with Crippen LogP contribution in [0.5, 0.6) is 0 Å². The summed E-state index contributed by atoms with van der Waals surface area (Å²) < 4.78 is 1.82. The van der Waals surface area contributed by atoms with Gasteiger partial charge in [-0.2, -0.15) is 0 Å². The normalized spacial score (nSPS) is 24.2. The highest BCUT2D eigenvalue weighted by Crippen LogP contribution is 2.37. The Hall–Kier alpha value is -2.01. The van der Waals surface area contributed by atoms with Crippen molar-refractivity contribution in [3.05, 3.63) is 46.5 Å². The van der Waals surface area contributed by atoms with Crippen LogP contribution in [0.15, 0.2) is 35.1 Å². The summed E-state index contributed by atoms with van der Waals surface area (Å²) >= 11 is 0. The summed E-state index contributed by atoms with van der Waals surface area (Å²) in [5, 5.41) is 12.0. The van der Waals surface area contributed by atoms with Crippen LogP contribution >= 0.6 is 0 Å². The lowest BCUT2D eigenvalue weighted by Crippen LogP contribution is -2.31. The predicted molar refractivity (Wildman–Crippen MR) is 75.5 cm³/mol. The van der Waals surface area contributed by atoms with Crippen molar-refractivity contribution in [2.24, 2.45) is 0 Å². The van der Waals surface area contributed by atoms with Gasteiger partial charge in [0.1, 0.15) is 5.82 Å². The van der Waals surface area contributed by atoms with Crippen molar-refractivity contribution in [2.45, 2.75) is 24.8 Å². The van der Waals surface area contributed by atoms with E-state index in [0.717, 1.165) is 43.9 Å². The van der Waals surface area contributed by atoms with E-state index in [1.165, 1.54) is 0 Å². The van der Waals surface area contributed by atoms with Gasteiger partial charge in [-0.25, -0.2) is 0 Å². The molecule has 1 spiro atoms. The first-order valence-electron chi connectivity index (χ1n) is 7.04. The number of hydrogen-bond donors (Lipinski definition) is 1. The van der Waals surface area contributed by atoms with Crippen molar-refractivity contribution in [1.29, 1.82) is 0 Å². The van der Waals surface area contributed by atoms with E-state index in [2.05, 4.69) is 15.5 Å². The molecule has 0 saturated carbocycles. The van der Waals surface area contributed by atoms with E-state index in [-0.39, 0.29) is 11.0 Å². The molecule has 2 aliphatic heterocycles. The number of benzene rings is 1. The summed E-state index contributed by atoms with van der Waals surface area (Å²) in [5.74, 6) is 0.868. The molecule has 0 amide bonds. The van der Waals surface area contributed by atoms with Crippen LogP contribution in [0.4, 0.5) is 0 Å². The maximum absolute atomic E-state index is 12.6. The third kappa shape index (κ3) is 1.56. The molecule has 3 heterocycles. The summed E-state index contributed by atoms with van der Waals surface area (Å²) in [4.78, 5) is 12.6. The molecule has 5 heteroatoms. The second-order valence-electron chi connectivity index (χ2n) is 5.65. The minimum atomic E-state index is -0.00928. The summed E-state index contributed by atoms with van der Waals surface area (Å²) in [5.41, 5.74) is 1.31. The molecule has 1 aromatic heterocycles. The van der Waals surface area contributed by atoms with Crippen molar-refractivity contribution < 1.29 is 0 Å².